The monoisotopic (exact) mass is 378 g/mol. The molecular weight excluding hydrogens is 356 g/mol. The normalized spacial score (nSPS) is 17.4. The third-order valence-electron chi connectivity index (χ3n) is 4.08. The predicted octanol–water partition coefficient (Wildman–Crippen LogP) is 3.64. The maximum atomic E-state index is 12.3. The number of likely N-dealkylation sites (tertiary alicyclic amines) is 1. The number of ether oxygens (including phenoxy) is 1. The molecule has 0 radical (unpaired) electrons. The van der Waals surface area contributed by atoms with Crippen LogP contribution in [0.2, 0.25) is 0 Å². The third kappa shape index (κ3) is 5.09. The Labute approximate surface area is 156 Å². The highest BCUT2D eigenvalue weighted by Gasteiger charge is 2.21. The van der Waals surface area contributed by atoms with Crippen LogP contribution < -0.4 is 10.1 Å². The maximum Gasteiger partial charge on any atom is 0.233 e. The van der Waals surface area contributed by atoms with Crippen molar-refractivity contribution in [3.8, 4) is 5.75 Å². The fourth-order valence-corrected chi connectivity index (χ4v) is 4.42. The molecule has 1 atom stereocenters. The summed E-state index contributed by atoms with van der Waals surface area (Å²) in [5.74, 6) is 2.02. The van der Waals surface area contributed by atoms with Gasteiger partial charge < -0.3 is 15.0 Å². The molecule has 0 bridgehead atoms. The summed E-state index contributed by atoms with van der Waals surface area (Å²) >= 11 is 2.91. The summed E-state index contributed by atoms with van der Waals surface area (Å²) in [4.78, 5) is 14.3. The van der Waals surface area contributed by atoms with Gasteiger partial charge in [0, 0.05) is 18.8 Å². The van der Waals surface area contributed by atoms with Crippen molar-refractivity contribution in [2.24, 2.45) is 5.92 Å². The molecule has 1 amide bonds. The number of nitrogens with one attached hydrogen (secondary N) is 1. The fourth-order valence-electron chi connectivity index (χ4n) is 2.75. The van der Waals surface area contributed by atoms with Crippen LogP contribution in [0.25, 0.3) is 0 Å². The number of carbonyl (C=O) groups is 1. The van der Waals surface area contributed by atoms with Crippen LogP contribution in [0.4, 0.5) is 10.8 Å². The summed E-state index contributed by atoms with van der Waals surface area (Å²) in [5.41, 5.74) is 0.923. The van der Waals surface area contributed by atoms with E-state index in [2.05, 4.69) is 22.4 Å². The predicted molar refractivity (Wildman–Crippen MR) is 102 cm³/mol. The third-order valence-corrected chi connectivity index (χ3v) is 6.03. The molecule has 1 N–H and O–H groups in total. The van der Waals surface area contributed by atoms with E-state index >= 15 is 0 Å². The fraction of sp³-hybridized carbons (Fsp3) is 0.471. The number of rotatable bonds is 6. The molecule has 1 aliphatic rings. The Morgan fingerprint density at radius 2 is 2.20 bits per heavy atom. The molecule has 1 aliphatic heterocycles. The van der Waals surface area contributed by atoms with Gasteiger partial charge in [-0.15, -0.1) is 10.2 Å². The summed E-state index contributed by atoms with van der Waals surface area (Å²) in [5, 5.41) is 12.2. The summed E-state index contributed by atoms with van der Waals surface area (Å²) in [6.07, 6.45) is 2.32. The zero-order valence-electron chi connectivity index (χ0n) is 14.4. The number of aromatic nitrogens is 2. The van der Waals surface area contributed by atoms with Gasteiger partial charge in [-0.1, -0.05) is 30.0 Å². The highest BCUT2D eigenvalue weighted by Crippen LogP contribution is 2.28. The van der Waals surface area contributed by atoms with Crippen molar-refractivity contribution < 1.29 is 9.53 Å². The van der Waals surface area contributed by atoms with Gasteiger partial charge in [0.2, 0.25) is 11.0 Å². The Hall–Kier alpha value is -1.80. The number of piperidine rings is 1. The van der Waals surface area contributed by atoms with E-state index in [1.807, 2.05) is 29.2 Å². The number of amides is 1. The van der Waals surface area contributed by atoms with Crippen molar-refractivity contribution >= 4 is 39.8 Å². The number of carbonyl (C=O) groups excluding carboxylic acids is 1. The largest absolute Gasteiger partial charge is 0.497 e. The second-order valence-electron chi connectivity index (χ2n) is 6.10. The molecule has 25 heavy (non-hydrogen) atoms. The minimum atomic E-state index is 0.191. The van der Waals surface area contributed by atoms with E-state index in [1.165, 1.54) is 29.5 Å². The van der Waals surface area contributed by atoms with E-state index in [4.69, 9.17) is 4.74 Å². The second kappa shape index (κ2) is 8.53. The van der Waals surface area contributed by atoms with Gasteiger partial charge in [0.1, 0.15) is 5.75 Å². The molecular formula is C17H22N4O2S2. The molecule has 0 spiro atoms. The highest BCUT2D eigenvalue weighted by atomic mass is 32.2. The van der Waals surface area contributed by atoms with Gasteiger partial charge in [-0.2, -0.15) is 0 Å². The van der Waals surface area contributed by atoms with Crippen molar-refractivity contribution in [1.29, 1.82) is 0 Å². The van der Waals surface area contributed by atoms with Gasteiger partial charge in [-0.3, -0.25) is 4.79 Å². The Bertz CT molecular complexity index is 705. The molecule has 134 valence electrons. The number of methoxy groups -OCH3 is 1. The molecule has 1 fully saturated rings. The average Bonchev–Trinajstić information content (AvgIpc) is 3.08. The first-order chi connectivity index (χ1) is 12.1. The SMILES string of the molecule is COc1ccc(Nc2nnc(SCC(=O)N3CCC[C@@H](C)C3)s2)cc1. The van der Waals surface area contributed by atoms with E-state index in [-0.39, 0.29) is 5.91 Å². The molecule has 6 nitrogen and oxygen atoms in total. The first kappa shape index (κ1) is 18.0. The molecule has 8 heteroatoms. The van der Waals surface area contributed by atoms with E-state index < -0.39 is 0 Å². The van der Waals surface area contributed by atoms with E-state index in [1.54, 1.807) is 7.11 Å². The average molecular weight is 379 g/mol. The summed E-state index contributed by atoms with van der Waals surface area (Å²) in [6.45, 7) is 3.96. The molecule has 2 aromatic rings. The quantitative estimate of drug-likeness (QED) is 0.774. The minimum absolute atomic E-state index is 0.191. The summed E-state index contributed by atoms with van der Waals surface area (Å²) in [6, 6.07) is 7.62. The number of thioether (sulfide) groups is 1. The van der Waals surface area contributed by atoms with Crippen molar-refractivity contribution in [2.45, 2.75) is 24.1 Å². The summed E-state index contributed by atoms with van der Waals surface area (Å²) < 4.78 is 5.94. The molecule has 0 unspecified atom stereocenters. The number of hydrogen-bond donors (Lipinski definition) is 1. The number of anilines is 2. The molecule has 0 aliphatic carbocycles. The molecule has 3 rings (SSSR count). The molecule has 0 saturated carbocycles. The number of hydrogen-bond acceptors (Lipinski definition) is 7. The van der Waals surface area contributed by atoms with Gasteiger partial charge in [0.15, 0.2) is 4.34 Å². The second-order valence-corrected chi connectivity index (χ2v) is 8.30. The minimum Gasteiger partial charge on any atom is -0.497 e. The topological polar surface area (TPSA) is 67.3 Å². The van der Waals surface area contributed by atoms with Crippen LogP contribution in [0.5, 0.6) is 5.75 Å². The molecule has 2 heterocycles. The zero-order valence-corrected chi connectivity index (χ0v) is 16.0. The maximum absolute atomic E-state index is 12.3. The van der Waals surface area contributed by atoms with Crippen LogP contribution in [0.3, 0.4) is 0 Å². The standard InChI is InChI=1S/C17H22N4O2S2/c1-12-4-3-9-21(10-12)15(22)11-24-17-20-19-16(25-17)18-13-5-7-14(23-2)8-6-13/h5-8,12H,3-4,9-11H2,1-2H3,(H,18,19)/t12-/m1/s1. The lowest BCUT2D eigenvalue weighted by molar-refractivity contribution is -0.130. The molecule has 1 aromatic carbocycles. The van der Waals surface area contributed by atoms with Crippen LogP contribution in [0.1, 0.15) is 19.8 Å². The Kier molecular flexibility index (Phi) is 6.14. The number of benzene rings is 1. The Morgan fingerprint density at radius 1 is 1.40 bits per heavy atom. The zero-order chi connectivity index (χ0) is 17.6. The van der Waals surface area contributed by atoms with Crippen LogP contribution >= 0.6 is 23.1 Å². The highest BCUT2D eigenvalue weighted by molar-refractivity contribution is 8.01. The Morgan fingerprint density at radius 3 is 2.92 bits per heavy atom. The Balaban J connectivity index is 1.50. The lowest BCUT2D eigenvalue weighted by Gasteiger charge is -2.30. The molecule has 1 saturated heterocycles. The van der Waals surface area contributed by atoms with Gasteiger partial charge in [-0.05, 0) is 43.0 Å². The van der Waals surface area contributed by atoms with Crippen molar-refractivity contribution in [3.63, 3.8) is 0 Å². The van der Waals surface area contributed by atoms with Crippen molar-refractivity contribution in [2.75, 3.05) is 31.3 Å². The van der Waals surface area contributed by atoms with E-state index in [0.717, 1.165) is 35.3 Å². The first-order valence-electron chi connectivity index (χ1n) is 8.29. The van der Waals surface area contributed by atoms with Gasteiger partial charge >= 0.3 is 0 Å². The lowest BCUT2D eigenvalue weighted by atomic mass is 10.0. The van der Waals surface area contributed by atoms with E-state index in [9.17, 15) is 4.79 Å². The van der Waals surface area contributed by atoms with Gasteiger partial charge in [-0.25, -0.2) is 0 Å². The van der Waals surface area contributed by atoms with Crippen molar-refractivity contribution in [3.05, 3.63) is 24.3 Å². The number of nitrogens with zero attached hydrogens (tertiary/aromatic N) is 3. The van der Waals surface area contributed by atoms with E-state index in [0.29, 0.717) is 16.8 Å². The smallest absolute Gasteiger partial charge is 0.233 e. The van der Waals surface area contributed by atoms with Crippen LogP contribution in [0, 0.1) is 5.92 Å². The van der Waals surface area contributed by atoms with Crippen LogP contribution in [-0.2, 0) is 4.79 Å². The van der Waals surface area contributed by atoms with Gasteiger partial charge in [0.25, 0.3) is 0 Å². The lowest BCUT2D eigenvalue weighted by Crippen LogP contribution is -2.40. The van der Waals surface area contributed by atoms with Crippen molar-refractivity contribution in [1.82, 2.24) is 15.1 Å². The van der Waals surface area contributed by atoms with Crippen LogP contribution in [0.15, 0.2) is 28.6 Å². The van der Waals surface area contributed by atoms with Gasteiger partial charge in [0.05, 0.1) is 12.9 Å². The first-order valence-corrected chi connectivity index (χ1v) is 10.1. The van der Waals surface area contributed by atoms with Crippen LogP contribution in [-0.4, -0.2) is 47.0 Å². The summed E-state index contributed by atoms with van der Waals surface area (Å²) in [7, 11) is 1.64. The molecule has 1 aromatic heterocycles.